The summed E-state index contributed by atoms with van der Waals surface area (Å²) < 4.78 is 4.59. The Morgan fingerprint density at radius 1 is 1.56 bits per heavy atom. The van der Waals surface area contributed by atoms with Gasteiger partial charge in [0.1, 0.15) is 0 Å². The summed E-state index contributed by atoms with van der Waals surface area (Å²) in [7, 11) is 0. The first kappa shape index (κ1) is 12.2. The van der Waals surface area contributed by atoms with Crippen LogP contribution in [0.2, 0.25) is 0 Å². The Hall–Kier alpha value is -1.91. The summed E-state index contributed by atoms with van der Waals surface area (Å²) in [6, 6.07) is 0. The van der Waals surface area contributed by atoms with E-state index in [1.807, 2.05) is 6.92 Å². The molecule has 5 nitrogen and oxygen atoms in total. The van der Waals surface area contributed by atoms with Crippen LogP contribution in [0.15, 0.2) is 29.0 Å². The fourth-order valence-electron chi connectivity index (χ4n) is 1.24. The van der Waals surface area contributed by atoms with Crippen molar-refractivity contribution in [2.24, 2.45) is 5.16 Å². The minimum absolute atomic E-state index is 0.120. The van der Waals surface area contributed by atoms with Crippen LogP contribution >= 0.6 is 0 Å². The largest absolute Gasteiger partial charge is 0.411 e. The number of nitrogens with zero attached hydrogens (tertiary/aromatic N) is 1. The number of carbonyl (C=O) groups excluding carboxylic acids is 2. The number of allylic oxidation sites excluding steroid dienone is 3. The van der Waals surface area contributed by atoms with Crippen LogP contribution in [0.4, 0.5) is 0 Å². The van der Waals surface area contributed by atoms with Crippen molar-refractivity contribution in [3.05, 3.63) is 23.8 Å². The molecule has 1 aliphatic rings. The Morgan fingerprint density at radius 2 is 2.31 bits per heavy atom. The molecule has 0 bridgehead atoms. The predicted molar refractivity (Wildman–Crippen MR) is 57.1 cm³/mol. The van der Waals surface area contributed by atoms with Gasteiger partial charge in [-0.15, -0.1) is 0 Å². The van der Waals surface area contributed by atoms with Gasteiger partial charge in [0.25, 0.3) is 0 Å². The van der Waals surface area contributed by atoms with E-state index in [1.54, 1.807) is 12.2 Å². The molecule has 0 radical (unpaired) electrons. The molecule has 0 amide bonds. The fourth-order valence-corrected chi connectivity index (χ4v) is 1.24. The molecular weight excluding hydrogens is 210 g/mol. The lowest BCUT2D eigenvalue weighted by Crippen LogP contribution is -2.20. The smallest absolute Gasteiger partial charge is 0.347 e. The van der Waals surface area contributed by atoms with Crippen LogP contribution in [0.3, 0.4) is 0 Å². The predicted octanol–water partition coefficient (Wildman–Crippen LogP) is 1.57. The second-order valence-corrected chi connectivity index (χ2v) is 3.27. The lowest BCUT2D eigenvalue weighted by atomic mass is 10.0. The molecular formula is C11H13NO4. The topological polar surface area (TPSA) is 76.0 Å². The zero-order chi connectivity index (χ0) is 12.0. The number of rotatable bonds is 3. The average Bonchev–Trinajstić information content (AvgIpc) is 2.29. The first-order valence-corrected chi connectivity index (χ1v) is 5.02. The van der Waals surface area contributed by atoms with E-state index in [-0.39, 0.29) is 17.7 Å². The van der Waals surface area contributed by atoms with Crippen molar-refractivity contribution < 1.29 is 19.5 Å². The van der Waals surface area contributed by atoms with Crippen LogP contribution in [-0.4, -0.2) is 22.9 Å². The highest BCUT2D eigenvalue weighted by Crippen LogP contribution is 2.12. The van der Waals surface area contributed by atoms with Gasteiger partial charge in [0, 0.05) is 12.8 Å². The van der Waals surface area contributed by atoms with Crippen molar-refractivity contribution in [2.75, 3.05) is 0 Å². The van der Waals surface area contributed by atoms with Crippen LogP contribution in [0.5, 0.6) is 0 Å². The number of oxime groups is 1. The third-order valence-corrected chi connectivity index (χ3v) is 2.02. The maximum absolute atomic E-state index is 11.5. The molecule has 0 saturated carbocycles. The lowest BCUT2D eigenvalue weighted by molar-refractivity contribution is -0.156. The van der Waals surface area contributed by atoms with Crippen LogP contribution in [-0.2, 0) is 14.3 Å². The van der Waals surface area contributed by atoms with E-state index in [1.165, 1.54) is 6.08 Å². The van der Waals surface area contributed by atoms with Gasteiger partial charge in [0.2, 0.25) is 0 Å². The van der Waals surface area contributed by atoms with Gasteiger partial charge < -0.3 is 9.94 Å². The standard InChI is InChI=1S/C11H13NO4/c1-2-5-10(13)16-11(14)8-6-3-4-7-9(8)12-15/h3-4,6,15H,2,5,7H2,1H3. The van der Waals surface area contributed by atoms with E-state index in [0.29, 0.717) is 12.8 Å². The van der Waals surface area contributed by atoms with Crippen molar-refractivity contribution in [1.29, 1.82) is 0 Å². The molecule has 0 unspecified atom stereocenters. The van der Waals surface area contributed by atoms with Crippen molar-refractivity contribution >= 4 is 17.7 Å². The molecule has 1 N–H and O–H groups in total. The minimum atomic E-state index is -0.768. The van der Waals surface area contributed by atoms with Gasteiger partial charge in [-0.1, -0.05) is 24.2 Å². The number of hydrogen-bond acceptors (Lipinski definition) is 5. The molecule has 1 aliphatic carbocycles. The van der Waals surface area contributed by atoms with Gasteiger partial charge in [0.05, 0.1) is 11.3 Å². The molecule has 0 aliphatic heterocycles. The molecule has 0 aromatic carbocycles. The molecule has 5 heteroatoms. The highest BCUT2D eigenvalue weighted by atomic mass is 16.6. The number of carbonyl (C=O) groups is 2. The second-order valence-electron chi connectivity index (χ2n) is 3.27. The number of esters is 2. The number of hydrogen-bond donors (Lipinski definition) is 1. The summed E-state index contributed by atoms with van der Waals surface area (Å²) in [5, 5.41) is 11.7. The van der Waals surface area contributed by atoms with Crippen molar-refractivity contribution in [2.45, 2.75) is 26.2 Å². The molecule has 0 fully saturated rings. The molecule has 86 valence electrons. The molecule has 0 saturated heterocycles. The van der Waals surface area contributed by atoms with Gasteiger partial charge >= 0.3 is 11.9 Å². The zero-order valence-corrected chi connectivity index (χ0v) is 8.97. The maximum Gasteiger partial charge on any atom is 0.347 e. The van der Waals surface area contributed by atoms with Crippen molar-refractivity contribution in [3.8, 4) is 0 Å². The van der Waals surface area contributed by atoms with E-state index in [0.717, 1.165) is 0 Å². The van der Waals surface area contributed by atoms with E-state index < -0.39 is 11.9 Å². The Labute approximate surface area is 93.1 Å². The molecule has 0 aromatic rings. The Kier molecular flexibility index (Phi) is 4.44. The van der Waals surface area contributed by atoms with E-state index >= 15 is 0 Å². The minimum Gasteiger partial charge on any atom is -0.411 e. The van der Waals surface area contributed by atoms with Crippen molar-refractivity contribution in [1.82, 2.24) is 0 Å². The summed E-state index contributed by atoms with van der Waals surface area (Å²) in [5.74, 6) is -1.34. The van der Waals surface area contributed by atoms with E-state index in [9.17, 15) is 9.59 Å². The summed E-state index contributed by atoms with van der Waals surface area (Å²) in [4.78, 5) is 22.6. The Bertz CT molecular complexity index is 379. The highest BCUT2D eigenvalue weighted by molar-refractivity contribution is 6.22. The quantitative estimate of drug-likeness (QED) is 0.341. The van der Waals surface area contributed by atoms with Crippen molar-refractivity contribution in [3.63, 3.8) is 0 Å². The van der Waals surface area contributed by atoms with E-state index in [2.05, 4.69) is 9.89 Å². The first-order valence-electron chi connectivity index (χ1n) is 5.02. The molecule has 0 aromatic heterocycles. The molecule has 1 rings (SSSR count). The maximum atomic E-state index is 11.5. The molecule has 0 heterocycles. The molecule has 0 spiro atoms. The second kappa shape index (κ2) is 5.85. The van der Waals surface area contributed by atoms with Gasteiger partial charge in [-0.25, -0.2) is 4.79 Å². The van der Waals surface area contributed by atoms with Crippen LogP contribution in [0, 0.1) is 0 Å². The summed E-state index contributed by atoms with van der Waals surface area (Å²) in [6.45, 7) is 1.81. The third-order valence-electron chi connectivity index (χ3n) is 2.02. The molecule has 16 heavy (non-hydrogen) atoms. The van der Waals surface area contributed by atoms with E-state index in [4.69, 9.17) is 5.21 Å². The van der Waals surface area contributed by atoms with Crippen LogP contribution in [0.1, 0.15) is 26.2 Å². The summed E-state index contributed by atoms with van der Waals surface area (Å²) >= 11 is 0. The SMILES string of the molecule is CCCC(=O)OC(=O)C1=CC=CCC1=NO. The van der Waals surface area contributed by atoms with Crippen LogP contribution < -0.4 is 0 Å². The highest BCUT2D eigenvalue weighted by Gasteiger charge is 2.21. The van der Waals surface area contributed by atoms with Crippen LogP contribution in [0.25, 0.3) is 0 Å². The molecule has 0 atom stereocenters. The monoisotopic (exact) mass is 223 g/mol. The lowest BCUT2D eigenvalue weighted by Gasteiger charge is -2.09. The van der Waals surface area contributed by atoms with Gasteiger partial charge in [0.15, 0.2) is 0 Å². The first-order chi connectivity index (χ1) is 7.69. The summed E-state index contributed by atoms with van der Waals surface area (Å²) in [6.07, 6.45) is 6.00. The zero-order valence-electron chi connectivity index (χ0n) is 8.97. The fraction of sp³-hybridized carbons (Fsp3) is 0.364. The Morgan fingerprint density at radius 3 is 2.94 bits per heavy atom. The normalized spacial score (nSPS) is 17.1. The average molecular weight is 223 g/mol. The van der Waals surface area contributed by atoms with Gasteiger partial charge in [-0.3, -0.25) is 4.79 Å². The Balaban J connectivity index is 2.69. The third kappa shape index (κ3) is 3.05. The number of ether oxygens (including phenoxy) is 1. The van der Waals surface area contributed by atoms with Gasteiger partial charge in [-0.05, 0) is 12.5 Å². The summed E-state index contributed by atoms with van der Waals surface area (Å²) in [5.41, 5.74) is 0.325. The van der Waals surface area contributed by atoms with Gasteiger partial charge in [-0.2, -0.15) is 0 Å².